The van der Waals surface area contributed by atoms with E-state index < -0.39 is 10.0 Å². The number of benzene rings is 1. The van der Waals surface area contributed by atoms with Crippen molar-refractivity contribution in [1.29, 1.82) is 0 Å². The van der Waals surface area contributed by atoms with E-state index in [1.807, 2.05) is 0 Å². The molecule has 1 N–H and O–H groups in total. The van der Waals surface area contributed by atoms with E-state index >= 15 is 0 Å². The summed E-state index contributed by atoms with van der Waals surface area (Å²) in [5, 5.41) is 3.34. The molecule has 1 aromatic rings. The lowest BCUT2D eigenvalue weighted by molar-refractivity contribution is -0.127. The molecular weight excluding hydrogens is 360 g/mol. The minimum absolute atomic E-state index is 0.00837. The summed E-state index contributed by atoms with van der Waals surface area (Å²) in [4.78, 5) is 12.7. The normalized spacial score (nSPS) is 23.3. The van der Waals surface area contributed by atoms with Crippen LogP contribution in [0.4, 0.5) is 0 Å². The summed E-state index contributed by atoms with van der Waals surface area (Å²) in [5.41, 5.74) is 0. The number of halogens is 1. The Morgan fingerprint density at radius 2 is 1.80 bits per heavy atom. The van der Waals surface area contributed by atoms with Gasteiger partial charge in [0.25, 0.3) is 0 Å². The first-order valence-electron chi connectivity index (χ1n) is 9.03. The van der Waals surface area contributed by atoms with E-state index in [-0.39, 0.29) is 34.3 Å². The first-order chi connectivity index (χ1) is 12.0. The molecule has 1 unspecified atom stereocenters. The lowest BCUT2D eigenvalue weighted by Gasteiger charge is -2.33. The molecule has 0 bridgehead atoms. The molecule has 25 heavy (non-hydrogen) atoms. The molecule has 1 aliphatic carbocycles. The number of nitrogens with one attached hydrogen (secondary N) is 1. The highest BCUT2D eigenvalue weighted by Crippen LogP contribution is 2.28. The van der Waals surface area contributed by atoms with Crippen LogP contribution in [0.15, 0.2) is 29.2 Å². The molecule has 1 atom stereocenters. The van der Waals surface area contributed by atoms with Crippen molar-refractivity contribution in [3.63, 3.8) is 0 Å². The highest BCUT2D eigenvalue weighted by molar-refractivity contribution is 7.89. The Labute approximate surface area is 154 Å². The van der Waals surface area contributed by atoms with E-state index in [9.17, 15) is 13.2 Å². The first kappa shape index (κ1) is 18.7. The Morgan fingerprint density at radius 3 is 2.52 bits per heavy atom. The molecule has 1 saturated heterocycles. The van der Waals surface area contributed by atoms with Gasteiger partial charge >= 0.3 is 0 Å². The van der Waals surface area contributed by atoms with E-state index in [2.05, 4.69) is 5.32 Å². The molecule has 5 nitrogen and oxygen atoms in total. The third-order valence-electron chi connectivity index (χ3n) is 5.16. The van der Waals surface area contributed by atoms with Crippen LogP contribution in [-0.2, 0) is 14.8 Å². The number of hydrogen-bond donors (Lipinski definition) is 1. The van der Waals surface area contributed by atoms with Gasteiger partial charge < -0.3 is 5.32 Å². The number of carbonyl (C=O) groups excluding carboxylic acids is 1. The van der Waals surface area contributed by atoms with Gasteiger partial charge in [0, 0.05) is 19.1 Å². The van der Waals surface area contributed by atoms with Crippen LogP contribution in [0.25, 0.3) is 0 Å². The van der Waals surface area contributed by atoms with Gasteiger partial charge in [-0.05, 0) is 37.8 Å². The van der Waals surface area contributed by atoms with Crippen molar-refractivity contribution in [2.24, 2.45) is 5.92 Å². The van der Waals surface area contributed by atoms with Crippen LogP contribution in [0.3, 0.4) is 0 Å². The highest BCUT2D eigenvalue weighted by atomic mass is 35.5. The molecule has 0 radical (unpaired) electrons. The topological polar surface area (TPSA) is 66.5 Å². The van der Waals surface area contributed by atoms with Gasteiger partial charge in [-0.3, -0.25) is 4.79 Å². The van der Waals surface area contributed by atoms with Crippen LogP contribution in [-0.4, -0.2) is 37.8 Å². The number of carbonyl (C=O) groups is 1. The predicted octanol–water partition coefficient (Wildman–Crippen LogP) is 3.19. The van der Waals surface area contributed by atoms with Gasteiger partial charge in [0.05, 0.1) is 10.9 Å². The average Bonchev–Trinajstić information content (AvgIpc) is 2.63. The summed E-state index contributed by atoms with van der Waals surface area (Å²) >= 11 is 6.07. The van der Waals surface area contributed by atoms with E-state index in [4.69, 9.17) is 11.6 Å². The van der Waals surface area contributed by atoms with E-state index in [1.54, 1.807) is 18.2 Å². The summed E-state index contributed by atoms with van der Waals surface area (Å²) < 4.78 is 27.2. The molecule has 2 aliphatic rings. The fourth-order valence-electron chi connectivity index (χ4n) is 3.73. The molecular formula is C18H25ClN2O3S. The smallest absolute Gasteiger partial charge is 0.244 e. The average molecular weight is 385 g/mol. The second-order valence-corrected chi connectivity index (χ2v) is 9.29. The maximum Gasteiger partial charge on any atom is 0.244 e. The van der Waals surface area contributed by atoms with Crippen molar-refractivity contribution in [3.05, 3.63) is 29.3 Å². The van der Waals surface area contributed by atoms with Gasteiger partial charge in [0.2, 0.25) is 15.9 Å². The van der Waals surface area contributed by atoms with Crippen molar-refractivity contribution in [1.82, 2.24) is 9.62 Å². The summed E-state index contributed by atoms with van der Waals surface area (Å²) in [6.07, 6.45) is 7.02. The number of rotatable bonds is 4. The third kappa shape index (κ3) is 4.36. The Bertz CT molecular complexity index is 717. The van der Waals surface area contributed by atoms with Crippen LogP contribution >= 0.6 is 11.6 Å². The van der Waals surface area contributed by atoms with E-state index in [0.29, 0.717) is 13.0 Å². The van der Waals surface area contributed by atoms with E-state index in [0.717, 1.165) is 32.1 Å². The van der Waals surface area contributed by atoms with Crippen LogP contribution in [0, 0.1) is 5.92 Å². The number of sulfonamides is 1. The Hall–Kier alpha value is -1.11. The van der Waals surface area contributed by atoms with Gasteiger partial charge in [-0.2, -0.15) is 4.31 Å². The fourth-order valence-corrected chi connectivity index (χ4v) is 5.75. The monoisotopic (exact) mass is 384 g/mol. The van der Waals surface area contributed by atoms with Crippen molar-refractivity contribution < 1.29 is 13.2 Å². The maximum atomic E-state index is 12.9. The maximum absolute atomic E-state index is 12.9. The number of hydrogen-bond acceptors (Lipinski definition) is 3. The van der Waals surface area contributed by atoms with Gasteiger partial charge in [-0.25, -0.2) is 8.42 Å². The zero-order valence-electron chi connectivity index (χ0n) is 14.3. The molecule has 1 aliphatic heterocycles. The molecule has 3 rings (SSSR count). The molecule has 1 aromatic carbocycles. The Morgan fingerprint density at radius 1 is 1.08 bits per heavy atom. The molecule has 1 amide bonds. The van der Waals surface area contributed by atoms with Gasteiger partial charge in [-0.15, -0.1) is 0 Å². The Kier molecular flexibility index (Phi) is 6.02. The van der Waals surface area contributed by atoms with Gasteiger partial charge in [0.15, 0.2) is 0 Å². The van der Waals surface area contributed by atoms with Gasteiger partial charge in [-0.1, -0.05) is 43.0 Å². The Balaban J connectivity index is 1.68. The lowest BCUT2D eigenvalue weighted by Crippen LogP contribution is -2.47. The zero-order chi connectivity index (χ0) is 17.9. The molecule has 1 heterocycles. The second-order valence-electron chi connectivity index (χ2n) is 6.98. The lowest BCUT2D eigenvalue weighted by atomic mass is 9.93. The van der Waals surface area contributed by atoms with Crippen molar-refractivity contribution in [2.45, 2.75) is 55.9 Å². The van der Waals surface area contributed by atoms with Crippen LogP contribution in [0.2, 0.25) is 5.02 Å². The number of amides is 1. The standard InChI is InChI=1S/C18H25ClN2O3S/c19-16-10-4-5-11-17(16)25(23,24)21-12-6-7-14(13-21)18(22)20-15-8-2-1-3-9-15/h4-5,10-11,14-15H,1-3,6-9,12-13H2,(H,20,22). The van der Waals surface area contributed by atoms with Crippen LogP contribution < -0.4 is 5.32 Å². The summed E-state index contributed by atoms with van der Waals surface area (Å²) in [6, 6.07) is 6.71. The summed E-state index contributed by atoms with van der Waals surface area (Å²) in [6.45, 7) is 0.660. The van der Waals surface area contributed by atoms with Crippen molar-refractivity contribution in [2.75, 3.05) is 13.1 Å². The first-order valence-corrected chi connectivity index (χ1v) is 10.9. The quantitative estimate of drug-likeness (QED) is 0.866. The fraction of sp³-hybridized carbons (Fsp3) is 0.611. The molecule has 7 heteroatoms. The van der Waals surface area contributed by atoms with Crippen LogP contribution in [0.1, 0.15) is 44.9 Å². The van der Waals surface area contributed by atoms with Crippen molar-refractivity contribution in [3.8, 4) is 0 Å². The SMILES string of the molecule is O=C(NC1CCCCC1)C1CCCN(S(=O)(=O)c2ccccc2Cl)C1. The minimum Gasteiger partial charge on any atom is -0.353 e. The van der Waals surface area contributed by atoms with Crippen LogP contribution in [0.5, 0.6) is 0 Å². The minimum atomic E-state index is -3.67. The largest absolute Gasteiger partial charge is 0.353 e. The second kappa shape index (κ2) is 8.06. The van der Waals surface area contributed by atoms with E-state index in [1.165, 1.54) is 16.8 Å². The van der Waals surface area contributed by atoms with Crippen molar-refractivity contribution >= 4 is 27.5 Å². The third-order valence-corrected chi connectivity index (χ3v) is 7.53. The molecule has 1 saturated carbocycles. The highest BCUT2D eigenvalue weighted by Gasteiger charge is 2.34. The molecule has 2 fully saturated rings. The molecule has 138 valence electrons. The van der Waals surface area contributed by atoms with Gasteiger partial charge in [0.1, 0.15) is 4.90 Å². The summed E-state index contributed by atoms with van der Waals surface area (Å²) in [5.74, 6) is -0.293. The number of piperidine rings is 1. The number of nitrogens with zero attached hydrogens (tertiary/aromatic N) is 1. The zero-order valence-corrected chi connectivity index (χ0v) is 15.9. The molecule has 0 aromatic heterocycles. The predicted molar refractivity (Wildman–Crippen MR) is 98.0 cm³/mol. The molecule has 0 spiro atoms. The summed E-state index contributed by atoms with van der Waals surface area (Å²) in [7, 11) is -3.67.